The van der Waals surface area contributed by atoms with Gasteiger partial charge in [0.2, 0.25) is 5.90 Å². The van der Waals surface area contributed by atoms with Gasteiger partial charge in [0, 0.05) is 24.0 Å². The molecule has 1 atom stereocenters. The summed E-state index contributed by atoms with van der Waals surface area (Å²) >= 11 is 0. The van der Waals surface area contributed by atoms with Crippen LogP contribution in [0.4, 0.5) is 0 Å². The lowest BCUT2D eigenvalue weighted by atomic mass is 9.93. The molecule has 0 saturated carbocycles. The molecule has 1 N–H and O–H groups in total. The molecule has 0 spiro atoms. The Morgan fingerprint density at radius 1 is 1.14 bits per heavy atom. The number of aromatic nitrogens is 1. The quantitative estimate of drug-likeness (QED) is 0.424. The summed E-state index contributed by atoms with van der Waals surface area (Å²) in [5.41, 5.74) is 9.30. The van der Waals surface area contributed by atoms with Crippen LogP contribution in [0, 0.1) is 19.8 Å². The molecule has 2 heterocycles. The third-order valence-electron chi connectivity index (χ3n) is 6.72. The average molecular weight is 474 g/mol. The van der Waals surface area contributed by atoms with Gasteiger partial charge in [0.25, 0.3) is 5.91 Å². The normalized spacial score (nSPS) is 14.9. The van der Waals surface area contributed by atoms with Gasteiger partial charge in [0.1, 0.15) is 12.3 Å². The van der Waals surface area contributed by atoms with E-state index in [2.05, 4.69) is 69.2 Å². The van der Waals surface area contributed by atoms with E-state index < -0.39 is 0 Å². The van der Waals surface area contributed by atoms with E-state index in [0.717, 1.165) is 58.7 Å². The maximum Gasteiger partial charge on any atom is 0.269 e. The SMILES string of the molecule is CCNC(=O)c1cc(-c2ccc(C)c(C=C(CC(C)CC)C3=NC(C)=C(CC)CO3)c2)c(C)cn1. The number of pyridine rings is 1. The summed E-state index contributed by atoms with van der Waals surface area (Å²) in [6, 6.07) is 8.32. The number of rotatable bonds is 9. The van der Waals surface area contributed by atoms with Gasteiger partial charge in [-0.05, 0) is 98.1 Å². The third kappa shape index (κ3) is 6.47. The fraction of sp³-hybridized carbons (Fsp3) is 0.433. The first-order valence-electron chi connectivity index (χ1n) is 12.7. The number of benzene rings is 1. The molecular weight excluding hydrogens is 434 g/mol. The van der Waals surface area contributed by atoms with Gasteiger partial charge in [0.05, 0.1) is 0 Å². The van der Waals surface area contributed by atoms with Crippen molar-refractivity contribution < 1.29 is 9.53 Å². The van der Waals surface area contributed by atoms with Gasteiger partial charge in [-0.25, -0.2) is 4.99 Å². The van der Waals surface area contributed by atoms with Gasteiger partial charge in [-0.2, -0.15) is 0 Å². The van der Waals surface area contributed by atoms with E-state index in [1.54, 1.807) is 6.20 Å². The van der Waals surface area contributed by atoms with E-state index in [4.69, 9.17) is 9.73 Å². The monoisotopic (exact) mass is 473 g/mol. The zero-order chi connectivity index (χ0) is 25.5. The van der Waals surface area contributed by atoms with E-state index in [9.17, 15) is 4.79 Å². The topological polar surface area (TPSA) is 63.6 Å². The van der Waals surface area contributed by atoms with E-state index in [1.807, 2.05) is 19.9 Å². The second-order valence-corrected chi connectivity index (χ2v) is 9.45. The van der Waals surface area contributed by atoms with Crippen LogP contribution in [0.3, 0.4) is 0 Å². The number of carbonyl (C=O) groups excluding carboxylic acids is 1. The maximum atomic E-state index is 12.4. The van der Waals surface area contributed by atoms with Crippen LogP contribution in [0.5, 0.6) is 0 Å². The summed E-state index contributed by atoms with van der Waals surface area (Å²) in [6.07, 6.45) is 6.96. The van der Waals surface area contributed by atoms with Crippen molar-refractivity contribution in [3.05, 3.63) is 69.7 Å². The fourth-order valence-corrected chi connectivity index (χ4v) is 4.13. The van der Waals surface area contributed by atoms with Crippen LogP contribution in [0.25, 0.3) is 17.2 Å². The maximum absolute atomic E-state index is 12.4. The first-order chi connectivity index (χ1) is 16.8. The van der Waals surface area contributed by atoms with Crippen molar-refractivity contribution in [2.24, 2.45) is 10.9 Å². The fourth-order valence-electron chi connectivity index (χ4n) is 4.13. The van der Waals surface area contributed by atoms with E-state index >= 15 is 0 Å². The number of aryl methyl sites for hydroxylation is 2. The number of ether oxygens (including phenoxy) is 1. The van der Waals surface area contributed by atoms with Crippen LogP contribution in [-0.4, -0.2) is 29.9 Å². The zero-order valence-corrected chi connectivity index (χ0v) is 22.3. The molecule has 0 fully saturated rings. The van der Waals surface area contributed by atoms with Gasteiger partial charge in [-0.1, -0.05) is 39.3 Å². The summed E-state index contributed by atoms with van der Waals surface area (Å²) in [5, 5.41) is 2.84. The number of allylic oxidation sites excluding steroid dienone is 1. The molecule has 186 valence electrons. The first-order valence-corrected chi connectivity index (χ1v) is 12.7. The summed E-state index contributed by atoms with van der Waals surface area (Å²) < 4.78 is 6.14. The van der Waals surface area contributed by atoms with Crippen LogP contribution in [0.2, 0.25) is 0 Å². The van der Waals surface area contributed by atoms with Crippen molar-refractivity contribution in [3.8, 4) is 11.1 Å². The van der Waals surface area contributed by atoms with Crippen LogP contribution in [-0.2, 0) is 4.74 Å². The van der Waals surface area contributed by atoms with Gasteiger partial charge in [-0.15, -0.1) is 0 Å². The highest BCUT2D eigenvalue weighted by Crippen LogP contribution is 2.29. The molecule has 5 heteroatoms. The van der Waals surface area contributed by atoms with Crippen LogP contribution in [0.15, 0.2) is 52.3 Å². The molecule has 1 aliphatic heterocycles. The van der Waals surface area contributed by atoms with Gasteiger partial charge in [0.15, 0.2) is 0 Å². The number of hydrogen-bond donors (Lipinski definition) is 1. The average Bonchev–Trinajstić information content (AvgIpc) is 2.85. The summed E-state index contributed by atoms with van der Waals surface area (Å²) in [5.74, 6) is 1.11. The highest BCUT2D eigenvalue weighted by atomic mass is 16.5. The van der Waals surface area contributed by atoms with Crippen molar-refractivity contribution in [1.82, 2.24) is 10.3 Å². The number of carbonyl (C=O) groups is 1. The standard InChI is InChI=1S/C30H39N3O2/c1-8-19(4)13-26(30-33-22(7)23(9-2)18-35-30)15-25-14-24(12-11-20(25)5)27-16-28(29(34)31-10-3)32-17-21(27)6/h11-12,14-17,19H,8-10,13,18H2,1-7H3,(H,31,34). The summed E-state index contributed by atoms with van der Waals surface area (Å²) in [4.78, 5) is 21.5. The minimum atomic E-state index is -0.154. The summed E-state index contributed by atoms with van der Waals surface area (Å²) in [6.45, 7) is 15.9. The van der Waals surface area contributed by atoms with Gasteiger partial charge >= 0.3 is 0 Å². The first kappa shape index (κ1) is 26.4. The van der Waals surface area contributed by atoms with Crippen molar-refractivity contribution in [3.63, 3.8) is 0 Å². The molecular formula is C30H39N3O2. The number of amides is 1. The minimum Gasteiger partial charge on any atom is -0.473 e. The molecule has 1 unspecified atom stereocenters. The second-order valence-electron chi connectivity index (χ2n) is 9.45. The Bertz CT molecular complexity index is 1170. The van der Waals surface area contributed by atoms with E-state index in [1.165, 1.54) is 11.1 Å². The lowest BCUT2D eigenvalue weighted by molar-refractivity contribution is 0.0951. The molecule has 5 nitrogen and oxygen atoms in total. The number of aliphatic imine (C=N–C) groups is 1. The van der Waals surface area contributed by atoms with Crippen LogP contribution >= 0.6 is 0 Å². The van der Waals surface area contributed by atoms with Crippen molar-refractivity contribution in [2.45, 2.75) is 67.7 Å². The predicted molar refractivity (Wildman–Crippen MR) is 146 cm³/mol. The minimum absolute atomic E-state index is 0.154. The van der Waals surface area contributed by atoms with Gasteiger partial charge in [-0.3, -0.25) is 9.78 Å². The summed E-state index contributed by atoms with van der Waals surface area (Å²) in [7, 11) is 0. The molecule has 0 saturated heterocycles. The Labute approximate surface area is 210 Å². The molecule has 0 aliphatic carbocycles. The Balaban J connectivity index is 2.07. The lowest BCUT2D eigenvalue weighted by Crippen LogP contribution is -2.23. The molecule has 35 heavy (non-hydrogen) atoms. The van der Waals surface area contributed by atoms with Crippen molar-refractivity contribution >= 4 is 17.9 Å². The van der Waals surface area contributed by atoms with E-state index in [0.29, 0.717) is 24.8 Å². The smallest absolute Gasteiger partial charge is 0.269 e. The zero-order valence-electron chi connectivity index (χ0n) is 22.3. The number of nitrogens with one attached hydrogen (secondary N) is 1. The molecule has 0 bridgehead atoms. The van der Waals surface area contributed by atoms with Gasteiger partial charge < -0.3 is 10.1 Å². The molecule has 2 aromatic rings. The molecule has 1 aliphatic rings. The lowest BCUT2D eigenvalue weighted by Gasteiger charge is -2.21. The van der Waals surface area contributed by atoms with Crippen molar-refractivity contribution in [1.29, 1.82) is 0 Å². The second kappa shape index (κ2) is 12.0. The number of hydrogen-bond acceptors (Lipinski definition) is 4. The largest absolute Gasteiger partial charge is 0.473 e. The Morgan fingerprint density at radius 3 is 2.57 bits per heavy atom. The Hall–Kier alpha value is -3.21. The Kier molecular flexibility index (Phi) is 9.02. The molecule has 1 aromatic heterocycles. The number of nitrogens with zero attached hydrogens (tertiary/aromatic N) is 2. The third-order valence-corrected chi connectivity index (χ3v) is 6.72. The van der Waals surface area contributed by atoms with Crippen LogP contribution in [0.1, 0.15) is 81.1 Å². The Morgan fingerprint density at radius 2 is 1.91 bits per heavy atom. The molecule has 1 amide bonds. The molecule has 0 radical (unpaired) electrons. The molecule has 3 rings (SSSR count). The van der Waals surface area contributed by atoms with Crippen LogP contribution < -0.4 is 5.32 Å². The van der Waals surface area contributed by atoms with E-state index in [-0.39, 0.29) is 5.91 Å². The highest BCUT2D eigenvalue weighted by Gasteiger charge is 2.19. The van der Waals surface area contributed by atoms with Crippen molar-refractivity contribution in [2.75, 3.05) is 13.2 Å². The highest BCUT2D eigenvalue weighted by molar-refractivity contribution is 5.99. The molecule has 1 aromatic carbocycles. The predicted octanol–water partition coefficient (Wildman–Crippen LogP) is 7.05.